The van der Waals surface area contributed by atoms with Gasteiger partial charge in [-0.25, -0.2) is 5.01 Å². The first kappa shape index (κ1) is 8.23. The Labute approximate surface area is 66.7 Å². The van der Waals surface area contributed by atoms with Crippen LogP contribution in [0, 0.1) is 0 Å². The van der Waals surface area contributed by atoms with Crippen molar-refractivity contribution in [3.63, 3.8) is 0 Å². The third-order valence-corrected chi connectivity index (χ3v) is 1.46. The summed E-state index contributed by atoms with van der Waals surface area (Å²) in [6, 6.07) is 0. The highest BCUT2D eigenvalue weighted by Gasteiger charge is 2.07. The molecule has 0 saturated carbocycles. The average Bonchev–Trinajstić information content (AvgIpc) is 2.01. The van der Waals surface area contributed by atoms with Gasteiger partial charge in [0.25, 0.3) is 0 Å². The van der Waals surface area contributed by atoms with Gasteiger partial charge in [0.1, 0.15) is 5.84 Å². The molecule has 4 heteroatoms. The van der Waals surface area contributed by atoms with E-state index in [9.17, 15) is 0 Å². The predicted octanol–water partition coefficient (Wildman–Crippen LogP) is -0.303. The standard InChI is InChI=1S/C7H14N4/c1-2-3-9-7-6-11(8)5-4-10-7/h2-3H,4-6,8H2,1H3,(H,9,10)/b3-2-. The molecule has 0 aromatic heterocycles. The monoisotopic (exact) mass is 154 g/mol. The zero-order valence-electron chi connectivity index (χ0n) is 6.75. The number of hydrogen-bond donors (Lipinski definition) is 2. The van der Waals surface area contributed by atoms with Gasteiger partial charge in [0.2, 0.25) is 0 Å². The molecule has 0 amide bonds. The molecule has 0 aromatic carbocycles. The Bertz CT molecular complexity index is 173. The number of nitrogens with one attached hydrogen (secondary N) is 1. The Morgan fingerprint density at radius 1 is 1.73 bits per heavy atom. The van der Waals surface area contributed by atoms with Gasteiger partial charge in [-0.3, -0.25) is 10.8 Å². The Hall–Kier alpha value is -0.870. The largest absolute Gasteiger partial charge is 0.350 e. The topological polar surface area (TPSA) is 53.7 Å². The fourth-order valence-corrected chi connectivity index (χ4v) is 0.906. The Morgan fingerprint density at radius 3 is 3.18 bits per heavy atom. The fourth-order valence-electron chi connectivity index (χ4n) is 0.906. The van der Waals surface area contributed by atoms with Crippen molar-refractivity contribution in [2.24, 2.45) is 10.8 Å². The predicted molar refractivity (Wildman–Crippen MR) is 46.0 cm³/mol. The Kier molecular flexibility index (Phi) is 3.07. The maximum Gasteiger partial charge on any atom is 0.116 e. The van der Waals surface area contributed by atoms with E-state index in [1.54, 1.807) is 5.01 Å². The second-order valence-corrected chi connectivity index (χ2v) is 2.44. The van der Waals surface area contributed by atoms with E-state index < -0.39 is 0 Å². The highest BCUT2D eigenvalue weighted by Crippen LogP contribution is 1.89. The highest BCUT2D eigenvalue weighted by atomic mass is 15.4. The zero-order chi connectivity index (χ0) is 8.10. The highest BCUT2D eigenvalue weighted by molar-refractivity contribution is 5.85. The summed E-state index contributed by atoms with van der Waals surface area (Å²) >= 11 is 0. The fraction of sp³-hybridized carbons (Fsp3) is 0.571. The van der Waals surface area contributed by atoms with Crippen LogP contribution in [0.3, 0.4) is 0 Å². The maximum atomic E-state index is 5.59. The summed E-state index contributed by atoms with van der Waals surface area (Å²) < 4.78 is 0. The minimum Gasteiger partial charge on any atom is -0.350 e. The number of hydrogen-bond acceptors (Lipinski definition) is 4. The molecule has 4 nitrogen and oxygen atoms in total. The van der Waals surface area contributed by atoms with Crippen molar-refractivity contribution in [3.8, 4) is 0 Å². The first-order valence-corrected chi connectivity index (χ1v) is 3.73. The molecule has 0 unspecified atom stereocenters. The number of amidine groups is 1. The van der Waals surface area contributed by atoms with Crippen molar-refractivity contribution < 1.29 is 0 Å². The van der Waals surface area contributed by atoms with Crippen LogP contribution in [0.15, 0.2) is 17.3 Å². The molecule has 0 atom stereocenters. The summed E-state index contributed by atoms with van der Waals surface area (Å²) in [4.78, 5) is 4.25. The van der Waals surface area contributed by atoms with Crippen LogP contribution in [-0.2, 0) is 0 Å². The van der Waals surface area contributed by atoms with Gasteiger partial charge in [-0.2, -0.15) is 0 Å². The summed E-state index contributed by atoms with van der Waals surface area (Å²) in [5.74, 6) is 6.53. The van der Waals surface area contributed by atoms with Gasteiger partial charge >= 0.3 is 0 Å². The summed E-state index contributed by atoms with van der Waals surface area (Å²) in [5.41, 5.74) is 0. The maximum absolute atomic E-state index is 5.59. The van der Waals surface area contributed by atoms with E-state index >= 15 is 0 Å². The number of hydrazine groups is 1. The normalized spacial score (nSPS) is 20.4. The molecule has 11 heavy (non-hydrogen) atoms. The molecule has 0 aromatic rings. The lowest BCUT2D eigenvalue weighted by atomic mass is 10.4. The summed E-state index contributed by atoms with van der Waals surface area (Å²) in [6.45, 7) is 4.30. The van der Waals surface area contributed by atoms with E-state index in [4.69, 9.17) is 5.84 Å². The van der Waals surface area contributed by atoms with Crippen LogP contribution in [0.5, 0.6) is 0 Å². The van der Waals surface area contributed by atoms with Crippen LogP contribution < -0.4 is 11.2 Å². The summed E-state index contributed by atoms with van der Waals surface area (Å²) in [5, 5.41) is 4.80. The van der Waals surface area contributed by atoms with Crippen LogP contribution >= 0.6 is 0 Å². The molecule has 1 rings (SSSR count). The molecule has 1 aliphatic heterocycles. The molecule has 1 heterocycles. The van der Waals surface area contributed by atoms with Gasteiger partial charge in [-0.15, -0.1) is 0 Å². The number of allylic oxidation sites excluding steroid dienone is 1. The third kappa shape index (κ3) is 2.69. The quantitative estimate of drug-likeness (QED) is 0.510. The summed E-state index contributed by atoms with van der Waals surface area (Å²) in [6.07, 6.45) is 3.79. The lowest BCUT2D eigenvalue weighted by Crippen LogP contribution is -2.44. The van der Waals surface area contributed by atoms with E-state index in [0.29, 0.717) is 6.54 Å². The molecule has 1 aliphatic rings. The molecule has 0 aliphatic carbocycles. The minimum atomic E-state index is 0.713. The van der Waals surface area contributed by atoms with Crippen molar-refractivity contribution in [1.82, 2.24) is 10.3 Å². The molecule has 0 saturated heterocycles. The molecule has 0 fully saturated rings. The van der Waals surface area contributed by atoms with Crippen molar-refractivity contribution in [1.29, 1.82) is 0 Å². The molecule has 3 N–H and O–H groups in total. The average molecular weight is 154 g/mol. The van der Waals surface area contributed by atoms with Crippen molar-refractivity contribution in [3.05, 3.63) is 12.3 Å². The molecule has 0 radical (unpaired) electrons. The van der Waals surface area contributed by atoms with E-state index in [1.165, 1.54) is 0 Å². The second-order valence-electron chi connectivity index (χ2n) is 2.44. The number of rotatable bonds is 1. The van der Waals surface area contributed by atoms with Crippen LogP contribution in [0.1, 0.15) is 6.92 Å². The molecular weight excluding hydrogens is 140 g/mol. The molecular formula is C7H14N4. The second kappa shape index (κ2) is 4.10. The smallest absolute Gasteiger partial charge is 0.116 e. The lowest BCUT2D eigenvalue weighted by molar-refractivity contribution is 0.320. The van der Waals surface area contributed by atoms with Gasteiger partial charge in [0.15, 0.2) is 0 Å². The van der Waals surface area contributed by atoms with Gasteiger partial charge in [-0.05, 0) is 13.1 Å². The molecule has 0 bridgehead atoms. The zero-order valence-corrected chi connectivity index (χ0v) is 6.75. The van der Waals surface area contributed by atoms with E-state index in [0.717, 1.165) is 18.9 Å². The van der Waals surface area contributed by atoms with Crippen LogP contribution in [0.25, 0.3) is 0 Å². The van der Waals surface area contributed by atoms with E-state index in [2.05, 4.69) is 10.3 Å². The SMILES string of the molecule is C/C=C\NC1=NCCN(N)C1. The van der Waals surface area contributed by atoms with E-state index in [1.807, 2.05) is 19.2 Å². The third-order valence-electron chi connectivity index (χ3n) is 1.46. The van der Waals surface area contributed by atoms with Crippen molar-refractivity contribution in [2.45, 2.75) is 6.92 Å². The number of nitrogens with two attached hydrogens (primary N) is 1. The van der Waals surface area contributed by atoms with Crippen LogP contribution in [0.2, 0.25) is 0 Å². The molecule has 0 spiro atoms. The summed E-state index contributed by atoms with van der Waals surface area (Å²) in [7, 11) is 0. The van der Waals surface area contributed by atoms with Gasteiger partial charge in [0.05, 0.1) is 13.1 Å². The van der Waals surface area contributed by atoms with Gasteiger partial charge in [-0.1, -0.05) is 6.08 Å². The first-order chi connectivity index (χ1) is 5.33. The van der Waals surface area contributed by atoms with E-state index in [-0.39, 0.29) is 0 Å². The van der Waals surface area contributed by atoms with Crippen molar-refractivity contribution >= 4 is 5.84 Å². The van der Waals surface area contributed by atoms with Gasteiger partial charge in [0, 0.05) is 6.54 Å². The minimum absolute atomic E-state index is 0.713. The van der Waals surface area contributed by atoms with Crippen LogP contribution in [-0.4, -0.2) is 30.5 Å². The van der Waals surface area contributed by atoms with Gasteiger partial charge < -0.3 is 5.32 Å². The van der Waals surface area contributed by atoms with Crippen molar-refractivity contribution in [2.75, 3.05) is 19.6 Å². The number of nitrogens with zero attached hydrogens (tertiary/aromatic N) is 2. The lowest BCUT2D eigenvalue weighted by Gasteiger charge is -2.21. The first-order valence-electron chi connectivity index (χ1n) is 3.73. The molecule has 62 valence electrons. The van der Waals surface area contributed by atoms with Crippen LogP contribution in [0.4, 0.5) is 0 Å². The Morgan fingerprint density at radius 2 is 2.55 bits per heavy atom. The number of aliphatic imine (C=N–C) groups is 1. The Balaban J connectivity index is 2.38.